The maximum atomic E-state index is 11.9. The maximum Gasteiger partial charge on any atom is 0.225 e. The van der Waals surface area contributed by atoms with Crippen LogP contribution in [0.25, 0.3) is 0 Å². The van der Waals surface area contributed by atoms with E-state index < -0.39 is 0 Å². The van der Waals surface area contributed by atoms with E-state index in [2.05, 4.69) is 16.0 Å². The van der Waals surface area contributed by atoms with Gasteiger partial charge in [0, 0.05) is 31.1 Å². The largest absolute Gasteiger partial charge is 0.494 e. The van der Waals surface area contributed by atoms with Gasteiger partial charge in [0.25, 0.3) is 0 Å². The van der Waals surface area contributed by atoms with E-state index in [4.69, 9.17) is 4.74 Å². The van der Waals surface area contributed by atoms with Gasteiger partial charge in [-0.05, 0) is 25.6 Å². The van der Waals surface area contributed by atoms with Crippen molar-refractivity contribution in [2.45, 2.75) is 33.2 Å². The van der Waals surface area contributed by atoms with E-state index in [9.17, 15) is 9.59 Å². The van der Waals surface area contributed by atoms with Crippen molar-refractivity contribution in [3.8, 4) is 5.75 Å². The summed E-state index contributed by atoms with van der Waals surface area (Å²) in [4.78, 5) is 23.0. The molecule has 0 saturated heterocycles. The summed E-state index contributed by atoms with van der Waals surface area (Å²) in [6.45, 7) is 6.22. The first-order valence-corrected chi connectivity index (χ1v) is 6.95. The van der Waals surface area contributed by atoms with Crippen LogP contribution >= 0.6 is 0 Å². The van der Waals surface area contributed by atoms with Crippen molar-refractivity contribution < 1.29 is 14.3 Å². The van der Waals surface area contributed by atoms with E-state index in [1.54, 1.807) is 18.2 Å². The van der Waals surface area contributed by atoms with Crippen LogP contribution in [0.1, 0.15) is 27.2 Å². The average Bonchev–Trinajstić information content (AvgIpc) is 2.39. The third-order valence-electron chi connectivity index (χ3n) is 2.84. The Balaban J connectivity index is 2.71. The van der Waals surface area contributed by atoms with Gasteiger partial charge in [-0.25, -0.2) is 0 Å². The molecule has 6 nitrogen and oxygen atoms in total. The van der Waals surface area contributed by atoms with Crippen LogP contribution in [0.2, 0.25) is 0 Å². The summed E-state index contributed by atoms with van der Waals surface area (Å²) < 4.78 is 5.21. The molecule has 0 aliphatic heterocycles. The van der Waals surface area contributed by atoms with Crippen LogP contribution in [0.4, 0.5) is 11.4 Å². The molecule has 1 rings (SSSR count). The number of amides is 2. The Hall–Kier alpha value is -2.08. The predicted molar refractivity (Wildman–Crippen MR) is 83.7 cm³/mol. The molecule has 0 bridgehead atoms. The van der Waals surface area contributed by atoms with Gasteiger partial charge >= 0.3 is 0 Å². The third-order valence-corrected chi connectivity index (χ3v) is 2.84. The molecule has 1 atom stereocenters. The second-order valence-electron chi connectivity index (χ2n) is 4.81. The Labute approximate surface area is 125 Å². The molecule has 1 aromatic rings. The van der Waals surface area contributed by atoms with Crippen molar-refractivity contribution in [3.63, 3.8) is 0 Å². The lowest BCUT2D eigenvalue weighted by Gasteiger charge is -2.14. The van der Waals surface area contributed by atoms with Crippen LogP contribution < -0.4 is 20.7 Å². The van der Waals surface area contributed by atoms with Crippen LogP contribution in [0.15, 0.2) is 18.2 Å². The quantitative estimate of drug-likeness (QED) is 0.718. The minimum absolute atomic E-state index is 0.0715. The Morgan fingerprint density at radius 3 is 2.57 bits per heavy atom. The molecule has 3 N–H and O–H groups in total. The van der Waals surface area contributed by atoms with Gasteiger partial charge < -0.3 is 20.7 Å². The summed E-state index contributed by atoms with van der Waals surface area (Å²) in [5.74, 6) is 0.255. The zero-order valence-electron chi connectivity index (χ0n) is 12.9. The first-order chi connectivity index (χ1) is 9.96. The molecule has 1 unspecified atom stereocenters. The molecule has 1 aromatic carbocycles. The molecule has 0 spiro atoms. The first-order valence-electron chi connectivity index (χ1n) is 6.95. The van der Waals surface area contributed by atoms with Gasteiger partial charge in [-0.2, -0.15) is 0 Å². The number of carbonyl (C=O) groups excluding carboxylic acids is 2. The maximum absolute atomic E-state index is 11.9. The number of rotatable bonds is 7. The summed E-state index contributed by atoms with van der Waals surface area (Å²) in [6, 6.07) is 5.23. The van der Waals surface area contributed by atoms with Gasteiger partial charge in [0.15, 0.2) is 0 Å². The van der Waals surface area contributed by atoms with Gasteiger partial charge in [-0.3, -0.25) is 9.59 Å². The number of hydrogen-bond acceptors (Lipinski definition) is 4. The monoisotopic (exact) mass is 293 g/mol. The van der Waals surface area contributed by atoms with Crippen molar-refractivity contribution in [1.29, 1.82) is 0 Å². The van der Waals surface area contributed by atoms with Gasteiger partial charge in [0.1, 0.15) is 5.75 Å². The molecular formula is C15H23N3O3. The fraction of sp³-hybridized carbons (Fsp3) is 0.467. The second kappa shape index (κ2) is 8.26. The summed E-state index contributed by atoms with van der Waals surface area (Å²) >= 11 is 0. The Kier molecular flexibility index (Phi) is 6.68. The Bertz CT molecular complexity index is 503. The molecular weight excluding hydrogens is 270 g/mol. The number of ether oxygens (including phenoxy) is 1. The lowest BCUT2D eigenvalue weighted by Crippen LogP contribution is -2.30. The SMILES string of the molecule is CCNC(C)CC(=O)Nc1ccc(NC(C)=O)c(OC)c1. The summed E-state index contributed by atoms with van der Waals surface area (Å²) in [6.07, 6.45) is 0.392. The van der Waals surface area contributed by atoms with E-state index in [-0.39, 0.29) is 17.9 Å². The Morgan fingerprint density at radius 1 is 1.29 bits per heavy atom. The number of benzene rings is 1. The average molecular weight is 293 g/mol. The summed E-state index contributed by atoms with van der Waals surface area (Å²) in [7, 11) is 1.51. The highest BCUT2D eigenvalue weighted by Gasteiger charge is 2.10. The molecule has 0 radical (unpaired) electrons. The number of nitrogens with one attached hydrogen (secondary N) is 3. The minimum atomic E-state index is -0.176. The predicted octanol–water partition coefficient (Wildman–Crippen LogP) is 1.98. The molecule has 0 aliphatic rings. The van der Waals surface area contributed by atoms with Crippen molar-refractivity contribution in [2.75, 3.05) is 24.3 Å². The van der Waals surface area contributed by atoms with Crippen LogP contribution in [-0.4, -0.2) is 31.5 Å². The lowest BCUT2D eigenvalue weighted by atomic mass is 10.2. The van der Waals surface area contributed by atoms with Crippen molar-refractivity contribution >= 4 is 23.2 Å². The van der Waals surface area contributed by atoms with E-state index in [0.717, 1.165) is 6.54 Å². The molecule has 0 saturated carbocycles. The molecule has 6 heteroatoms. The molecule has 116 valence electrons. The van der Waals surface area contributed by atoms with Gasteiger partial charge in [-0.1, -0.05) is 6.92 Å². The smallest absolute Gasteiger partial charge is 0.225 e. The van der Waals surface area contributed by atoms with Gasteiger partial charge in [-0.15, -0.1) is 0 Å². The van der Waals surface area contributed by atoms with Gasteiger partial charge in [0.05, 0.1) is 12.8 Å². The number of methoxy groups -OCH3 is 1. The third kappa shape index (κ3) is 5.83. The number of anilines is 2. The van der Waals surface area contributed by atoms with Crippen LogP contribution in [0.3, 0.4) is 0 Å². The number of hydrogen-bond donors (Lipinski definition) is 3. The van der Waals surface area contributed by atoms with Crippen molar-refractivity contribution in [1.82, 2.24) is 5.32 Å². The number of carbonyl (C=O) groups is 2. The standard InChI is InChI=1S/C15H23N3O3/c1-5-16-10(2)8-15(20)18-12-6-7-13(17-11(3)19)14(9-12)21-4/h6-7,9-10,16H,5,8H2,1-4H3,(H,17,19)(H,18,20). The highest BCUT2D eigenvalue weighted by Crippen LogP contribution is 2.28. The van der Waals surface area contributed by atoms with E-state index in [1.807, 2.05) is 13.8 Å². The molecule has 21 heavy (non-hydrogen) atoms. The van der Waals surface area contributed by atoms with Crippen molar-refractivity contribution in [3.05, 3.63) is 18.2 Å². The summed E-state index contributed by atoms with van der Waals surface area (Å²) in [5, 5.41) is 8.66. The fourth-order valence-corrected chi connectivity index (χ4v) is 1.97. The van der Waals surface area contributed by atoms with Crippen molar-refractivity contribution in [2.24, 2.45) is 0 Å². The molecule has 2 amide bonds. The highest BCUT2D eigenvalue weighted by atomic mass is 16.5. The highest BCUT2D eigenvalue weighted by molar-refractivity contribution is 5.93. The topological polar surface area (TPSA) is 79.5 Å². The molecule has 0 aromatic heterocycles. The van der Waals surface area contributed by atoms with E-state index in [1.165, 1.54) is 14.0 Å². The molecule has 0 fully saturated rings. The summed E-state index contributed by atoms with van der Waals surface area (Å²) in [5.41, 5.74) is 1.21. The zero-order valence-corrected chi connectivity index (χ0v) is 12.9. The Morgan fingerprint density at radius 2 is 2.00 bits per heavy atom. The normalized spacial score (nSPS) is 11.6. The van der Waals surface area contributed by atoms with E-state index >= 15 is 0 Å². The molecule has 0 aliphatic carbocycles. The first kappa shape index (κ1) is 17.0. The zero-order chi connectivity index (χ0) is 15.8. The van der Waals surface area contributed by atoms with Gasteiger partial charge in [0.2, 0.25) is 11.8 Å². The van der Waals surface area contributed by atoms with Crippen LogP contribution in [-0.2, 0) is 9.59 Å². The van der Waals surface area contributed by atoms with Crippen LogP contribution in [0, 0.1) is 0 Å². The fourth-order valence-electron chi connectivity index (χ4n) is 1.97. The van der Waals surface area contributed by atoms with Crippen LogP contribution in [0.5, 0.6) is 5.75 Å². The van der Waals surface area contributed by atoms with E-state index in [0.29, 0.717) is 23.5 Å². The second-order valence-corrected chi connectivity index (χ2v) is 4.81. The lowest BCUT2D eigenvalue weighted by molar-refractivity contribution is -0.116. The minimum Gasteiger partial charge on any atom is -0.494 e. The molecule has 0 heterocycles.